The zero-order valence-corrected chi connectivity index (χ0v) is 11.4. The van der Waals surface area contributed by atoms with E-state index in [9.17, 15) is 4.79 Å². The molecule has 0 aliphatic carbocycles. The van der Waals surface area contributed by atoms with Gasteiger partial charge in [0.15, 0.2) is 0 Å². The van der Waals surface area contributed by atoms with E-state index in [0.29, 0.717) is 21.3 Å². The second-order valence-corrected chi connectivity index (χ2v) is 5.04. The smallest absolute Gasteiger partial charge is 0.404 e. The zero-order valence-electron chi connectivity index (χ0n) is 8.35. The summed E-state index contributed by atoms with van der Waals surface area (Å²) in [5.41, 5.74) is 1.40. The Kier molecular flexibility index (Phi) is 3.51. The largest absolute Gasteiger partial charge is 0.465 e. The molecule has 0 bridgehead atoms. The lowest BCUT2D eigenvalue weighted by Gasteiger charge is -1.99. The highest BCUT2D eigenvalue weighted by atomic mass is 79.9. The summed E-state index contributed by atoms with van der Waals surface area (Å²) < 4.78 is 0.805. The third-order valence-corrected chi connectivity index (χ3v) is 3.69. The van der Waals surface area contributed by atoms with Crippen LogP contribution in [0.3, 0.4) is 0 Å². The number of carboxylic acid groups (broad SMARTS) is 1. The van der Waals surface area contributed by atoms with Crippen LogP contribution < -0.4 is 5.32 Å². The van der Waals surface area contributed by atoms with Crippen LogP contribution in [0.4, 0.5) is 4.79 Å². The summed E-state index contributed by atoms with van der Waals surface area (Å²) in [6.07, 6.45) is -1.08. The van der Waals surface area contributed by atoms with Gasteiger partial charge in [0.05, 0.1) is 22.1 Å². The Labute approximate surface area is 115 Å². The first-order chi connectivity index (χ1) is 7.99. The molecule has 3 N–H and O–H groups in total. The Bertz CT molecular complexity index is 597. The number of rotatable bonds is 2. The van der Waals surface area contributed by atoms with E-state index in [1.807, 2.05) is 6.07 Å². The first kappa shape index (κ1) is 12.5. The predicted molar refractivity (Wildman–Crippen MR) is 70.9 cm³/mol. The molecular weight excluding hydrogens is 331 g/mol. The van der Waals surface area contributed by atoms with Gasteiger partial charge in [-0.15, -0.1) is 0 Å². The van der Waals surface area contributed by atoms with E-state index in [0.717, 1.165) is 9.86 Å². The van der Waals surface area contributed by atoms with E-state index in [1.165, 1.54) is 0 Å². The second kappa shape index (κ2) is 4.76. The van der Waals surface area contributed by atoms with Crippen molar-refractivity contribution in [1.29, 1.82) is 0 Å². The maximum absolute atomic E-state index is 10.4. The van der Waals surface area contributed by atoms with Gasteiger partial charge in [-0.05, 0) is 12.1 Å². The molecule has 2 rings (SSSR count). The number of benzene rings is 1. The molecule has 2 aromatic rings. The van der Waals surface area contributed by atoms with Gasteiger partial charge in [0.1, 0.15) is 0 Å². The average molecular weight is 338 g/mol. The maximum atomic E-state index is 10.4. The SMILES string of the molecule is O=C(O)NCc1cc2c(Br)cc(Cl)c(Cl)c2[nH]1. The molecule has 7 heteroatoms. The van der Waals surface area contributed by atoms with E-state index in [2.05, 4.69) is 26.2 Å². The molecule has 0 aliphatic heterocycles. The van der Waals surface area contributed by atoms with Crippen LogP contribution in [0.2, 0.25) is 10.0 Å². The molecule has 1 heterocycles. The van der Waals surface area contributed by atoms with Crippen LogP contribution in [0.15, 0.2) is 16.6 Å². The fourth-order valence-corrected chi connectivity index (χ4v) is 2.59. The average Bonchev–Trinajstić information content (AvgIpc) is 2.68. The van der Waals surface area contributed by atoms with E-state index in [1.54, 1.807) is 6.07 Å². The Morgan fingerprint density at radius 2 is 2.18 bits per heavy atom. The fraction of sp³-hybridized carbons (Fsp3) is 0.100. The Morgan fingerprint density at radius 1 is 1.47 bits per heavy atom. The maximum Gasteiger partial charge on any atom is 0.404 e. The summed E-state index contributed by atoms with van der Waals surface area (Å²) >= 11 is 15.4. The van der Waals surface area contributed by atoms with Crippen LogP contribution in [0.1, 0.15) is 5.69 Å². The molecule has 0 unspecified atom stereocenters. The number of amides is 1. The minimum atomic E-state index is -1.08. The second-order valence-electron chi connectivity index (χ2n) is 3.40. The van der Waals surface area contributed by atoms with Crippen molar-refractivity contribution in [2.24, 2.45) is 0 Å². The number of halogens is 3. The van der Waals surface area contributed by atoms with E-state index < -0.39 is 6.09 Å². The van der Waals surface area contributed by atoms with Gasteiger partial charge in [0.25, 0.3) is 0 Å². The van der Waals surface area contributed by atoms with Crippen molar-refractivity contribution in [3.8, 4) is 0 Å². The molecule has 0 spiro atoms. The third-order valence-electron chi connectivity index (χ3n) is 2.24. The summed E-state index contributed by atoms with van der Waals surface area (Å²) in [6.45, 7) is 0.185. The number of hydrogen-bond donors (Lipinski definition) is 3. The molecule has 1 amide bonds. The molecular formula is C10H7BrCl2N2O2. The summed E-state index contributed by atoms with van der Waals surface area (Å²) in [5, 5.41) is 12.5. The molecule has 0 radical (unpaired) electrons. The Morgan fingerprint density at radius 3 is 2.82 bits per heavy atom. The summed E-state index contributed by atoms with van der Waals surface area (Å²) in [4.78, 5) is 13.4. The molecule has 0 aliphatic rings. The van der Waals surface area contributed by atoms with Crippen molar-refractivity contribution >= 4 is 56.1 Å². The Balaban J connectivity index is 2.46. The molecule has 0 fully saturated rings. The van der Waals surface area contributed by atoms with E-state index >= 15 is 0 Å². The van der Waals surface area contributed by atoms with Crippen LogP contribution in [0.25, 0.3) is 10.9 Å². The van der Waals surface area contributed by atoms with Gasteiger partial charge in [-0.3, -0.25) is 0 Å². The molecule has 1 aromatic carbocycles. The first-order valence-electron chi connectivity index (χ1n) is 4.61. The molecule has 1 aromatic heterocycles. The molecule has 0 saturated carbocycles. The van der Waals surface area contributed by atoms with Crippen molar-refractivity contribution in [2.45, 2.75) is 6.54 Å². The number of H-pyrrole nitrogens is 1. The van der Waals surface area contributed by atoms with Gasteiger partial charge in [-0.25, -0.2) is 4.79 Å². The monoisotopic (exact) mass is 336 g/mol. The van der Waals surface area contributed by atoms with E-state index in [4.69, 9.17) is 28.3 Å². The Hall–Kier alpha value is -0.910. The number of fused-ring (bicyclic) bond motifs is 1. The number of hydrogen-bond acceptors (Lipinski definition) is 1. The predicted octanol–water partition coefficient (Wildman–Crippen LogP) is 4.00. The molecule has 4 nitrogen and oxygen atoms in total. The van der Waals surface area contributed by atoms with Crippen molar-refractivity contribution < 1.29 is 9.90 Å². The van der Waals surface area contributed by atoms with Gasteiger partial charge in [-0.2, -0.15) is 0 Å². The van der Waals surface area contributed by atoms with Crippen molar-refractivity contribution in [1.82, 2.24) is 10.3 Å². The standard InChI is InChI=1S/C10H7BrCl2N2O2/c11-6-2-7(12)8(13)9-5(6)1-4(15-9)3-14-10(16)17/h1-2,14-15H,3H2,(H,16,17). The summed E-state index contributed by atoms with van der Waals surface area (Å²) in [5.74, 6) is 0. The van der Waals surface area contributed by atoms with Gasteiger partial charge < -0.3 is 15.4 Å². The molecule has 90 valence electrons. The lowest BCUT2D eigenvalue weighted by molar-refractivity contribution is 0.194. The normalized spacial score (nSPS) is 10.8. The van der Waals surface area contributed by atoms with Gasteiger partial charge in [0, 0.05) is 15.6 Å². The van der Waals surface area contributed by atoms with E-state index in [-0.39, 0.29) is 6.54 Å². The van der Waals surface area contributed by atoms with Crippen LogP contribution in [0, 0.1) is 0 Å². The number of carbonyl (C=O) groups is 1. The quantitative estimate of drug-likeness (QED) is 0.725. The number of aromatic amines is 1. The van der Waals surface area contributed by atoms with Crippen molar-refractivity contribution in [3.05, 3.63) is 32.3 Å². The molecule has 0 atom stereocenters. The topological polar surface area (TPSA) is 65.1 Å². The van der Waals surface area contributed by atoms with Crippen LogP contribution in [-0.4, -0.2) is 16.2 Å². The highest BCUT2D eigenvalue weighted by molar-refractivity contribution is 9.10. The van der Waals surface area contributed by atoms with Gasteiger partial charge in [-0.1, -0.05) is 39.1 Å². The zero-order chi connectivity index (χ0) is 12.6. The first-order valence-corrected chi connectivity index (χ1v) is 6.16. The van der Waals surface area contributed by atoms with Crippen LogP contribution >= 0.6 is 39.1 Å². The highest BCUT2D eigenvalue weighted by Crippen LogP contribution is 2.36. The summed E-state index contributed by atoms with van der Waals surface area (Å²) in [7, 11) is 0. The molecule has 17 heavy (non-hydrogen) atoms. The molecule has 0 saturated heterocycles. The lowest BCUT2D eigenvalue weighted by atomic mass is 10.2. The minimum absolute atomic E-state index is 0.185. The third kappa shape index (κ3) is 2.51. The highest BCUT2D eigenvalue weighted by Gasteiger charge is 2.11. The summed E-state index contributed by atoms with van der Waals surface area (Å²) in [6, 6.07) is 3.52. The van der Waals surface area contributed by atoms with Crippen molar-refractivity contribution in [2.75, 3.05) is 0 Å². The number of nitrogens with one attached hydrogen (secondary N) is 2. The minimum Gasteiger partial charge on any atom is -0.465 e. The van der Waals surface area contributed by atoms with Crippen LogP contribution in [0.5, 0.6) is 0 Å². The van der Waals surface area contributed by atoms with Gasteiger partial charge >= 0.3 is 6.09 Å². The number of aromatic nitrogens is 1. The van der Waals surface area contributed by atoms with Crippen molar-refractivity contribution in [3.63, 3.8) is 0 Å². The van der Waals surface area contributed by atoms with Crippen LogP contribution in [-0.2, 0) is 6.54 Å². The lowest BCUT2D eigenvalue weighted by Crippen LogP contribution is -2.19. The fourth-order valence-electron chi connectivity index (χ4n) is 1.51. The van der Waals surface area contributed by atoms with Gasteiger partial charge in [0.2, 0.25) is 0 Å².